The molecular formula is C40H72N8O3S2. The molecule has 0 aromatic carbocycles. The van der Waals surface area contributed by atoms with Crippen LogP contribution in [0.25, 0.3) is 0 Å². The number of nitrogens with one attached hydrogen (secondary N) is 2. The number of unbranched alkanes of at least 4 members (excludes halogenated alkanes) is 1. The summed E-state index contributed by atoms with van der Waals surface area (Å²) in [6.07, 6.45) is 18.0. The molecule has 0 bridgehead atoms. The minimum Gasteiger partial charge on any atom is -0.446 e. The Morgan fingerprint density at radius 1 is 0.887 bits per heavy atom. The van der Waals surface area contributed by atoms with Gasteiger partial charge in [0.15, 0.2) is 11.9 Å². The van der Waals surface area contributed by atoms with Crippen LogP contribution in [0.4, 0.5) is 4.79 Å². The number of hydrogen-bond acceptors (Lipinski definition) is 7. The number of allylic oxidation sites excluding steroid dienone is 1. The zero-order chi connectivity index (χ0) is 38.6. The monoisotopic (exact) mass is 777 g/mol. The maximum atomic E-state index is 12.8. The first kappa shape index (κ1) is 43.4. The van der Waals surface area contributed by atoms with Gasteiger partial charge < -0.3 is 38.3 Å². The number of fused-ring (bicyclic) bond motifs is 5. The number of alkyl carbamates (subject to hydrolysis) is 1. The fourth-order valence-corrected chi connectivity index (χ4v) is 12.5. The van der Waals surface area contributed by atoms with E-state index in [-0.39, 0.29) is 35.4 Å². The van der Waals surface area contributed by atoms with E-state index >= 15 is 0 Å². The van der Waals surface area contributed by atoms with Gasteiger partial charge in [0.05, 0.1) is 0 Å². The third-order valence-electron chi connectivity index (χ3n) is 13.3. The van der Waals surface area contributed by atoms with Crippen LogP contribution in [0.3, 0.4) is 0 Å². The quantitative estimate of drug-likeness (QED) is 0.0256. The van der Waals surface area contributed by atoms with E-state index in [4.69, 9.17) is 27.7 Å². The molecule has 0 aromatic heterocycles. The van der Waals surface area contributed by atoms with Crippen molar-refractivity contribution >= 4 is 45.5 Å². The van der Waals surface area contributed by atoms with Gasteiger partial charge in [0, 0.05) is 37.6 Å². The van der Waals surface area contributed by atoms with Crippen LogP contribution in [0.15, 0.2) is 21.6 Å². The van der Waals surface area contributed by atoms with Crippen molar-refractivity contribution < 1.29 is 14.3 Å². The summed E-state index contributed by atoms with van der Waals surface area (Å²) in [7, 11) is 3.30. The highest BCUT2D eigenvalue weighted by Gasteiger charge is 2.59. The van der Waals surface area contributed by atoms with E-state index in [2.05, 4.69) is 61.3 Å². The molecule has 10 N–H and O–H groups in total. The Bertz CT molecular complexity index is 1290. The molecule has 1 unspecified atom stereocenters. The number of carbonyl (C=O) groups is 2. The normalized spacial score (nSPS) is 30.2. The van der Waals surface area contributed by atoms with Gasteiger partial charge in [-0.3, -0.25) is 9.79 Å². The van der Waals surface area contributed by atoms with Crippen LogP contribution in [-0.4, -0.2) is 67.2 Å². The minimum atomic E-state index is -0.641. The average molecular weight is 777 g/mol. The smallest absolute Gasteiger partial charge is 0.407 e. The molecule has 13 heteroatoms. The van der Waals surface area contributed by atoms with Crippen molar-refractivity contribution in [3.8, 4) is 0 Å². The van der Waals surface area contributed by atoms with Gasteiger partial charge in [0.25, 0.3) is 0 Å². The molecular weight excluding hydrogens is 705 g/mol. The van der Waals surface area contributed by atoms with Crippen LogP contribution < -0.4 is 33.6 Å². The standard InChI is InChI=1S/C40H72N8O3S2/c1-26(2)9-8-10-27(3)31-14-15-32-30-13-12-28-25-29(16-18-39(28,4)33(30)17-19-40(31,32)5)51-38(50)47-22-24-53-52-23-21-45-35(49)34(48-37(43)44)11-6-7-20-46-36(41)42/h12,26-27,29-34H,6-11,13-25H2,1-5H3,(H,45,49)(H,47,50)(H4,41,42,46)(H4,43,44,48)/t27-,29+,30+,31-,32+,33+,34?,39+,40-/m1/s1. The molecule has 4 rings (SSSR count). The molecule has 4 aliphatic rings. The minimum absolute atomic E-state index is 0.0473. The molecule has 0 saturated heterocycles. The highest BCUT2D eigenvalue weighted by molar-refractivity contribution is 8.76. The Labute approximate surface area is 328 Å². The third kappa shape index (κ3) is 12.1. The predicted octanol–water partition coefficient (Wildman–Crippen LogP) is 6.71. The van der Waals surface area contributed by atoms with E-state index in [0.29, 0.717) is 37.9 Å². The molecule has 9 atom stereocenters. The SMILES string of the molecule is CC(C)CCC[C@@H](C)[C@H]1CC[C@H]2[C@@H]3CC=C4C[C@@H](OC(=O)NCCSSCCNC(=O)C(CCCCN=C(N)N)N=C(N)N)CC[C@]4(C)[C@H]3CC[C@]12C. The number of nitrogens with two attached hydrogens (primary N) is 4. The summed E-state index contributed by atoms with van der Waals surface area (Å²) in [4.78, 5) is 33.4. The lowest BCUT2D eigenvalue weighted by Crippen LogP contribution is -2.51. The second kappa shape index (κ2) is 20.6. The van der Waals surface area contributed by atoms with Gasteiger partial charge in [0.1, 0.15) is 12.1 Å². The topological polar surface area (TPSA) is 196 Å². The molecule has 53 heavy (non-hydrogen) atoms. The third-order valence-corrected chi connectivity index (χ3v) is 15.8. The summed E-state index contributed by atoms with van der Waals surface area (Å²) in [6, 6.07) is -0.641. The molecule has 11 nitrogen and oxygen atoms in total. The van der Waals surface area contributed by atoms with Gasteiger partial charge in [-0.15, -0.1) is 0 Å². The van der Waals surface area contributed by atoms with E-state index < -0.39 is 6.04 Å². The molecule has 0 aliphatic heterocycles. The van der Waals surface area contributed by atoms with Gasteiger partial charge in [-0.1, -0.05) is 87.1 Å². The zero-order valence-electron chi connectivity index (χ0n) is 33.4. The number of rotatable bonds is 20. The van der Waals surface area contributed by atoms with Crippen molar-refractivity contribution in [3.05, 3.63) is 11.6 Å². The van der Waals surface area contributed by atoms with Crippen molar-refractivity contribution in [1.29, 1.82) is 0 Å². The maximum Gasteiger partial charge on any atom is 0.407 e. The fraction of sp³-hybridized carbons (Fsp3) is 0.850. The first-order valence-corrected chi connectivity index (χ1v) is 23.0. The molecule has 4 aliphatic carbocycles. The van der Waals surface area contributed by atoms with Crippen molar-refractivity contribution in [3.63, 3.8) is 0 Å². The molecule has 0 aromatic rings. The number of ether oxygens (including phenoxy) is 1. The van der Waals surface area contributed by atoms with Crippen LogP contribution in [0.2, 0.25) is 0 Å². The van der Waals surface area contributed by atoms with Crippen molar-refractivity contribution in [2.45, 2.75) is 137 Å². The first-order valence-electron chi connectivity index (χ1n) is 20.5. The highest BCUT2D eigenvalue weighted by atomic mass is 33.1. The molecule has 2 amide bonds. The van der Waals surface area contributed by atoms with Crippen LogP contribution >= 0.6 is 21.6 Å². The number of guanidine groups is 2. The van der Waals surface area contributed by atoms with Crippen LogP contribution in [0.1, 0.15) is 125 Å². The van der Waals surface area contributed by atoms with E-state index in [1.54, 1.807) is 27.2 Å². The summed E-state index contributed by atoms with van der Waals surface area (Å²) in [5.41, 5.74) is 24.1. The molecule has 3 saturated carbocycles. The van der Waals surface area contributed by atoms with Crippen LogP contribution in [0.5, 0.6) is 0 Å². The summed E-state index contributed by atoms with van der Waals surface area (Å²) in [5, 5.41) is 5.86. The Morgan fingerprint density at radius 2 is 1.62 bits per heavy atom. The second-order valence-electron chi connectivity index (χ2n) is 17.3. The molecule has 0 heterocycles. The Kier molecular flexibility index (Phi) is 16.9. The first-order chi connectivity index (χ1) is 25.2. The van der Waals surface area contributed by atoms with Crippen molar-refractivity contribution in [1.82, 2.24) is 10.6 Å². The largest absolute Gasteiger partial charge is 0.446 e. The molecule has 3 fully saturated rings. The van der Waals surface area contributed by atoms with Crippen molar-refractivity contribution in [2.75, 3.05) is 31.1 Å². The van der Waals surface area contributed by atoms with E-state index in [1.807, 2.05) is 0 Å². The predicted molar refractivity (Wildman–Crippen MR) is 223 cm³/mol. The number of aliphatic imine (C=N–C) groups is 2. The number of hydrogen-bond donors (Lipinski definition) is 6. The Hall–Kier alpha value is -2.28. The number of amides is 2. The summed E-state index contributed by atoms with van der Waals surface area (Å²) >= 11 is 0. The van der Waals surface area contributed by atoms with Gasteiger partial charge in [-0.25, -0.2) is 9.79 Å². The summed E-state index contributed by atoms with van der Waals surface area (Å²) in [5.74, 6) is 6.16. The van der Waals surface area contributed by atoms with Crippen molar-refractivity contribution in [2.24, 2.45) is 79.3 Å². The van der Waals surface area contributed by atoms with Crippen LogP contribution in [-0.2, 0) is 9.53 Å². The van der Waals surface area contributed by atoms with E-state index in [9.17, 15) is 9.59 Å². The van der Waals surface area contributed by atoms with Gasteiger partial charge in [-0.05, 0) is 111 Å². The van der Waals surface area contributed by atoms with E-state index in [0.717, 1.165) is 72.7 Å². The van der Waals surface area contributed by atoms with E-state index in [1.165, 1.54) is 51.4 Å². The number of nitrogens with zero attached hydrogens (tertiary/aromatic N) is 2. The Morgan fingerprint density at radius 3 is 2.32 bits per heavy atom. The summed E-state index contributed by atoms with van der Waals surface area (Å²) in [6.45, 7) is 14.0. The lowest BCUT2D eigenvalue weighted by atomic mass is 9.47. The Balaban J connectivity index is 1.12. The molecule has 0 radical (unpaired) electrons. The zero-order valence-corrected chi connectivity index (χ0v) is 35.0. The second-order valence-corrected chi connectivity index (χ2v) is 20.0. The molecule has 302 valence electrons. The number of carbonyl (C=O) groups excluding carboxylic acids is 2. The van der Waals surface area contributed by atoms with Gasteiger partial charge in [-0.2, -0.15) is 0 Å². The summed E-state index contributed by atoms with van der Waals surface area (Å²) < 4.78 is 5.97. The average Bonchev–Trinajstić information content (AvgIpc) is 3.45. The highest BCUT2D eigenvalue weighted by Crippen LogP contribution is 2.67. The van der Waals surface area contributed by atoms with Gasteiger partial charge >= 0.3 is 6.09 Å². The fourth-order valence-electron chi connectivity index (χ4n) is 10.7. The molecule has 0 spiro atoms. The van der Waals surface area contributed by atoms with Gasteiger partial charge in [0.2, 0.25) is 5.91 Å². The lowest BCUT2D eigenvalue weighted by molar-refractivity contribution is -0.122. The van der Waals surface area contributed by atoms with Crippen LogP contribution in [0, 0.1) is 46.3 Å². The maximum absolute atomic E-state index is 12.8. The lowest BCUT2D eigenvalue weighted by Gasteiger charge is -2.58.